The van der Waals surface area contributed by atoms with Crippen LogP contribution < -0.4 is 15.8 Å². The fourth-order valence-electron chi connectivity index (χ4n) is 2.65. The third-order valence-corrected chi connectivity index (χ3v) is 3.89. The maximum Gasteiger partial charge on any atom is 0.193 e. The zero-order valence-electron chi connectivity index (χ0n) is 12.8. The number of nitrogens with one attached hydrogen (secondary N) is 1. The highest BCUT2D eigenvalue weighted by atomic mass is 16.5. The highest BCUT2D eigenvalue weighted by Crippen LogP contribution is 2.33. The summed E-state index contributed by atoms with van der Waals surface area (Å²) in [5, 5.41) is 3.15. The largest absolute Gasteiger partial charge is 0.493 e. The van der Waals surface area contributed by atoms with Gasteiger partial charge in [-0.3, -0.25) is 4.99 Å². The summed E-state index contributed by atoms with van der Waals surface area (Å²) in [5.41, 5.74) is 9.46. The predicted molar refractivity (Wildman–Crippen MR) is 90.6 cm³/mol. The number of anilines is 1. The van der Waals surface area contributed by atoms with E-state index < -0.39 is 0 Å². The molecule has 1 atom stereocenters. The predicted octanol–water partition coefficient (Wildman–Crippen LogP) is 3.15. The van der Waals surface area contributed by atoms with Gasteiger partial charge in [-0.15, -0.1) is 0 Å². The lowest BCUT2D eigenvalue weighted by atomic mass is 10.0. The summed E-state index contributed by atoms with van der Waals surface area (Å²) in [4.78, 5) is 4.46. The summed E-state index contributed by atoms with van der Waals surface area (Å²) in [6.07, 6.45) is 1.00. The Morgan fingerprint density at radius 2 is 2.14 bits per heavy atom. The van der Waals surface area contributed by atoms with Crippen LogP contribution in [-0.4, -0.2) is 19.1 Å². The van der Waals surface area contributed by atoms with E-state index in [1.165, 1.54) is 11.1 Å². The number of nitrogens with two attached hydrogens (primary N) is 1. The number of nitrogens with zero attached hydrogens (tertiary/aromatic N) is 1. The number of ether oxygens (including phenoxy) is 1. The molecule has 1 heterocycles. The van der Waals surface area contributed by atoms with E-state index in [2.05, 4.69) is 35.4 Å². The number of guanidine groups is 1. The molecule has 1 aliphatic heterocycles. The molecule has 3 N–H and O–H groups in total. The molecule has 4 heteroatoms. The minimum Gasteiger partial charge on any atom is -0.493 e. The molecule has 2 aromatic carbocycles. The number of aryl methyl sites for hydroxylation is 1. The van der Waals surface area contributed by atoms with Gasteiger partial charge in [-0.25, -0.2) is 0 Å². The Bertz CT molecular complexity index is 682. The molecule has 0 amide bonds. The van der Waals surface area contributed by atoms with E-state index >= 15 is 0 Å². The molecule has 1 aliphatic rings. The fourth-order valence-corrected chi connectivity index (χ4v) is 2.65. The number of aliphatic imine (C=N–C) groups is 1. The van der Waals surface area contributed by atoms with E-state index in [4.69, 9.17) is 10.5 Å². The maximum absolute atomic E-state index is 5.99. The van der Waals surface area contributed by atoms with Gasteiger partial charge in [0.2, 0.25) is 0 Å². The van der Waals surface area contributed by atoms with Gasteiger partial charge in [-0.2, -0.15) is 0 Å². The average molecular weight is 295 g/mol. The lowest BCUT2D eigenvalue weighted by Gasteiger charge is -2.09. The molecule has 0 spiro atoms. The molecule has 4 nitrogen and oxygen atoms in total. The molecule has 22 heavy (non-hydrogen) atoms. The van der Waals surface area contributed by atoms with E-state index in [-0.39, 0.29) is 5.92 Å². The molecule has 0 radical (unpaired) electrons. The monoisotopic (exact) mass is 295 g/mol. The third kappa shape index (κ3) is 3.22. The summed E-state index contributed by atoms with van der Waals surface area (Å²) in [7, 11) is 0. The molecule has 0 aromatic heterocycles. The molecular formula is C18H21N3O. The minimum atomic E-state index is 0.276. The zero-order valence-corrected chi connectivity index (χ0v) is 12.8. The normalized spacial score (nSPS) is 17.0. The van der Waals surface area contributed by atoms with Gasteiger partial charge in [-0.1, -0.05) is 37.3 Å². The van der Waals surface area contributed by atoms with Crippen LogP contribution in [0.4, 0.5) is 5.69 Å². The highest BCUT2D eigenvalue weighted by Gasteiger charge is 2.23. The van der Waals surface area contributed by atoms with Gasteiger partial charge in [-0.05, 0) is 30.2 Å². The Morgan fingerprint density at radius 3 is 3.00 bits per heavy atom. The second-order valence-electron chi connectivity index (χ2n) is 5.45. The van der Waals surface area contributed by atoms with Crippen LogP contribution in [0.2, 0.25) is 0 Å². The van der Waals surface area contributed by atoms with Crippen molar-refractivity contribution in [3.63, 3.8) is 0 Å². The molecule has 2 aromatic rings. The van der Waals surface area contributed by atoms with Crippen LogP contribution in [0, 0.1) is 0 Å². The first-order valence-electron chi connectivity index (χ1n) is 7.64. The molecule has 114 valence electrons. The van der Waals surface area contributed by atoms with Crippen molar-refractivity contribution in [2.75, 3.05) is 18.5 Å². The van der Waals surface area contributed by atoms with Crippen molar-refractivity contribution in [3.8, 4) is 5.75 Å². The van der Waals surface area contributed by atoms with Crippen molar-refractivity contribution in [1.29, 1.82) is 0 Å². The van der Waals surface area contributed by atoms with Crippen molar-refractivity contribution in [2.45, 2.75) is 19.3 Å². The Morgan fingerprint density at radius 1 is 1.27 bits per heavy atom. The molecule has 0 saturated heterocycles. The number of hydrogen-bond donors (Lipinski definition) is 2. The first kappa shape index (κ1) is 14.4. The van der Waals surface area contributed by atoms with Crippen LogP contribution in [0.3, 0.4) is 0 Å². The van der Waals surface area contributed by atoms with E-state index in [0.717, 1.165) is 17.9 Å². The van der Waals surface area contributed by atoms with Crippen molar-refractivity contribution < 1.29 is 4.74 Å². The Labute approximate surface area is 131 Å². The van der Waals surface area contributed by atoms with Crippen molar-refractivity contribution in [3.05, 3.63) is 59.7 Å². The van der Waals surface area contributed by atoms with Crippen LogP contribution in [0.25, 0.3) is 0 Å². The first-order chi connectivity index (χ1) is 10.8. The van der Waals surface area contributed by atoms with E-state index in [9.17, 15) is 0 Å². The summed E-state index contributed by atoms with van der Waals surface area (Å²) in [6, 6.07) is 16.3. The molecule has 0 bridgehead atoms. The van der Waals surface area contributed by atoms with Crippen molar-refractivity contribution in [1.82, 2.24) is 0 Å². The second kappa shape index (κ2) is 6.52. The lowest BCUT2D eigenvalue weighted by Crippen LogP contribution is -2.23. The average Bonchev–Trinajstić information content (AvgIpc) is 2.96. The van der Waals surface area contributed by atoms with Crippen molar-refractivity contribution in [2.24, 2.45) is 10.7 Å². The van der Waals surface area contributed by atoms with E-state index in [1.54, 1.807) is 0 Å². The molecule has 0 saturated carbocycles. The third-order valence-electron chi connectivity index (χ3n) is 3.89. The maximum atomic E-state index is 5.99. The Hall–Kier alpha value is -2.49. The highest BCUT2D eigenvalue weighted by molar-refractivity contribution is 5.92. The quantitative estimate of drug-likeness (QED) is 0.673. The van der Waals surface area contributed by atoms with E-state index in [1.807, 2.05) is 30.3 Å². The van der Waals surface area contributed by atoms with Gasteiger partial charge in [0.1, 0.15) is 5.75 Å². The Balaban J connectivity index is 1.63. The summed E-state index contributed by atoms with van der Waals surface area (Å²) >= 11 is 0. The van der Waals surface area contributed by atoms with E-state index in [0.29, 0.717) is 19.1 Å². The van der Waals surface area contributed by atoms with Crippen LogP contribution in [-0.2, 0) is 6.42 Å². The fraction of sp³-hybridized carbons (Fsp3) is 0.278. The van der Waals surface area contributed by atoms with Crippen LogP contribution in [0.1, 0.15) is 24.0 Å². The van der Waals surface area contributed by atoms with Gasteiger partial charge in [0.05, 0.1) is 13.2 Å². The minimum absolute atomic E-state index is 0.276. The number of para-hydroxylation sites is 1. The van der Waals surface area contributed by atoms with Gasteiger partial charge in [0, 0.05) is 17.2 Å². The smallest absolute Gasteiger partial charge is 0.193 e. The summed E-state index contributed by atoms with van der Waals surface area (Å²) < 4.78 is 5.66. The number of rotatable bonds is 4. The molecule has 3 rings (SSSR count). The number of hydrogen-bond acceptors (Lipinski definition) is 2. The standard InChI is InChI=1S/C18H21N3O/c1-2-13-6-5-7-15(10-13)21-18(19)20-11-14-12-22-17-9-4-3-8-16(14)17/h3-10,14H,2,11-12H2,1H3,(H3,19,20,21). The second-order valence-corrected chi connectivity index (χ2v) is 5.45. The van der Waals surface area contributed by atoms with Gasteiger partial charge in [0.15, 0.2) is 5.96 Å². The van der Waals surface area contributed by atoms with Gasteiger partial charge >= 0.3 is 0 Å². The van der Waals surface area contributed by atoms with Crippen LogP contribution >= 0.6 is 0 Å². The molecule has 0 aliphatic carbocycles. The van der Waals surface area contributed by atoms with Gasteiger partial charge < -0.3 is 15.8 Å². The Kier molecular flexibility index (Phi) is 4.28. The van der Waals surface area contributed by atoms with Crippen LogP contribution in [0.15, 0.2) is 53.5 Å². The van der Waals surface area contributed by atoms with Crippen molar-refractivity contribution >= 4 is 11.6 Å². The molecule has 1 unspecified atom stereocenters. The summed E-state index contributed by atoms with van der Waals surface area (Å²) in [6.45, 7) is 3.43. The number of benzene rings is 2. The summed E-state index contributed by atoms with van der Waals surface area (Å²) in [5.74, 6) is 1.68. The van der Waals surface area contributed by atoms with Gasteiger partial charge in [0.25, 0.3) is 0 Å². The lowest BCUT2D eigenvalue weighted by molar-refractivity contribution is 0.333. The molecular weight excluding hydrogens is 274 g/mol. The van der Waals surface area contributed by atoms with Crippen LogP contribution in [0.5, 0.6) is 5.75 Å². The zero-order chi connectivity index (χ0) is 15.4. The SMILES string of the molecule is CCc1cccc(NC(N)=NCC2COc3ccccc32)c1. The molecule has 0 fully saturated rings. The number of fused-ring (bicyclic) bond motifs is 1. The topological polar surface area (TPSA) is 59.6 Å². The first-order valence-corrected chi connectivity index (χ1v) is 7.64.